The van der Waals surface area contributed by atoms with Crippen molar-refractivity contribution in [3.05, 3.63) is 47.4 Å². The van der Waals surface area contributed by atoms with Crippen LogP contribution in [-0.4, -0.2) is 9.97 Å². The zero-order valence-electron chi connectivity index (χ0n) is 9.30. The van der Waals surface area contributed by atoms with Gasteiger partial charge in [0.25, 0.3) is 0 Å². The Balaban J connectivity index is 2.23. The molecule has 5 heteroatoms. The van der Waals surface area contributed by atoms with Crippen LogP contribution >= 0.6 is 23.4 Å². The Morgan fingerprint density at radius 3 is 2.76 bits per heavy atom. The molecule has 0 bridgehead atoms. The summed E-state index contributed by atoms with van der Waals surface area (Å²) in [6, 6.07) is 7.69. The molecule has 1 unspecified atom stereocenters. The highest BCUT2D eigenvalue weighted by Gasteiger charge is 2.06. The fourth-order valence-electron chi connectivity index (χ4n) is 1.33. The van der Waals surface area contributed by atoms with Gasteiger partial charge in [0, 0.05) is 17.1 Å². The van der Waals surface area contributed by atoms with Gasteiger partial charge >= 0.3 is 0 Å². The third kappa shape index (κ3) is 3.19. The smallest absolute Gasteiger partial charge is 0.116 e. The van der Waals surface area contributed by atoms with E-state index in [2.05, 4.69) is 9.97 Å². The van der Waals surface area contributed by atoms with Crippen molar-refractivity contribution in [2.45, 2.75) is 22.9 Å². The van der Waals surface area contributed by atoms with Gasteiger partial charge in [-0.2, -0.15) is 0 Å². The molecule has 0 saturated carbocycles. The number of benzene rings is 1. The Hall–Kier alpha value is -1.10. The minimum atomic E-state index is -0.00870. The summed E-state index contributed by atoms with van der Waals surface area (Å²) in [5.74, 6) is 0. The van der Waals surface area contributed by atoms with E-state index in [4.69, 9.17) is 17.3 Å². The van der Waals surface area contributed by atoms with Gasteiger partial charge in [-0.1, -0.05) is 29.4 Å². The fraction of sp³-hybridized carbons (Fsp3) is 0.167. The first-order chi connectivity index (χ1) is 8.16. The summed E-state index contributed by atoms with van der Waals surface area (Å²) in [6.45, 7) is 1.93. The van der Waals surface area contributed by atoms with Crippen LogP contribution in [0.25, 0.3) is 0 Å². The van der Waals surface area contributed by atoms with E-state index in [-0.39, 0.29) is 6.04 Å². The van der Waals surface area contributed by atoms with Gasteiger partial charge in [-0.05, 0) is 30.7 Å². The molecule has 0 saturated heterocycles. The summed E-state index contributed by atoms with van der Waals surface area (Å²) < 4.78 is 0. The van der Waals surface area contributed by atoms with E-state index in [9.17, 15) is 0 Å². The van der Waals surface area contributed by atoms with Crippen molar-refractivity contribution in [1.29, 1.82) is 0 Å². The molecule has 0 spiro atoms. The molecule has 1 atom stereocenters. The molecule has 88 valence electrons. The van der Waals surface area contributed by atoms with Crippen LogP contribution < -0.4 is 5.73 Å². The fourth-order valence-corrected chi connectivity index (χ4v) is 2.39. The number of rotatable bonds is 3. The maximum atomic E-state index is 6.20. The van der Waals surface area contributed by atoms with E-state index >= 15 is 0 Å². The van der Waals surface area contributed by atoms with Gasteiger partial charge in [0.05, 0.1) is 5.02 Å². The monoisotopic (exact) mass is 265 g/mol. The molecule has 0 aliphatic heterocycles. The number of halogens is 1. The van der Waals surface area contributed by atoms with E-state index < -0.39 is 0 Å². The lowest BCUT2D eigenvalue weighted by atomic mass is 10.1. The molecule has 0 amide bonds. The lowest BCUT2D eigenvalue weighted by Crippen LogP contribution is -2.04. The van der Waals surface area contributed by atoms with Crippen LogP contribution in [0.2, 0.25) is 5.02 Å². The summed E-state index contributed by atoms with van der Waals surface area (Å²) in [5, 5.41) is 1.57. The molecular weight excluding hydrogens is 254 g/mol. The maximum absolute atomic E-state index is 6.20. The van der Waals surface area contributed by atoms with Crippen LogP contribution in [0, 0.1) is 0 Å². The minimum absolute atomic E-state index is 0.00870. The van der Waals surface area contributed by atoms with Gasteiger partial charge < -0.3 is 5.73 Å². The number of nitrogens with two attached hydrogens (primary N) is 1. The molecule has 1 aromatic heterocycles. The summed E-state index contributed by atoms with van der Waals surface area (Å²) in [7, 11) is 0. The van der Waals surface area contributed by atoms with Crippen LogP contribution in [0.5, 0.6) is 0 Å². The highest BCUT2D eigenvalue weighted by Crippen LogP contribution is 2.33. The number of nitrogens with zero attached hydrogens (tertiary/aromatic N) is 2. The van der Waals surface area contributed by atoms with Crippen molar-refractivity contribution in [2.75, 3.05) is 0 Å². The third-order valence-corrected chi connectivity index (χ3v) is 3.70. The molecule has 17 heavy (non-hydrogen) atoms. The highest BCUT2D eigenvalue weighted by atomic mass is 35.5. The predicted octanol–water partition coefficient (Wildman–Crippen LogP) is 3.30. The Bertz CT molecular complexity index is 502. The van der Waals surface area contributed by atoms with Crippen molar-refractivity contribution in [3.8, 4) is 0 Å². The second-order valence-corrected chi connectivity index (χ2v) is 5.10. The van der Waals surface area contributed by atoms with Gasteiger partial charge in [0.2, 0.25) is 0 Å². The van der Waals surface area contributed by atoms with E-state index in [1.807, 2.05) is 31.2 Å². The zero-order valence-corrected chi connectivity index (χ0v) is 10.9. The molecule has 1 heterocycles. The van der Waals surface area contributed by atoms with Crippen molar-refractivity contribution >= 4 is 23.4 Å². The first-order valence-corrected chi connectivity index (χ1v) is 6.35. The predicted molar refractivity (Wildman–Crippen MR) is 70.2 cm³/mol. The average Bonchev–Trinajstić information content (AvgIpc) is 2.33. The number of hydrogen-bond donors (Lipinski definition) is 1. The summed E-state index contributed by atoms with van der Waals surface area (Å²) in [4.78, 5) is 8.98. The maximum Gasteiger partial charge on any atom is 0.116 e. The average molecular weight is 266 g/mol. The molecule has 0 aliphatic carbocycles. The van der Waals surface area contributed by atoms with E-state index in [1.54, 1.807) is 6.20 Å². The van der Waals surface area contributed by atoms with Crippen molar-refractivity contribution < 1.29 is 0 Å². The second kappa shape index (κ2) is 5.49. The van der Waals surface area contributed by atoms with Crippen molar-refractivity contribution in [2.24, 2.45) is 5.73 Å². The SMILES string of the molecule is CC(N)c1ccc(Sc2ccncn2)c(Cl)c1. The van der Waals surface area contributed by atoms with Gasteiger partial charge in [-0.25, -0.2) is 9.97 Å². The Morgan fingerprint density at radius 2 is 2.18 bits per heavy atom. The van der Waals surface area contributed by atoms with Gasteiger partial charge in [-0.3, -0.25) is 0 Å². The molecule has 1 aromatic carbocycles. The van der Waals surface area contributed by atoms with Gasteiger partial charge in [-0.15, -0.1) is 0 Å². The zero-order chi connectivity index (χ0) is 12.3. The number of hydrogen-bond acceptors (Lipinski definition) is 4. The van der Waals surface area contributed by atoms with E-state index in [0.717, 1.165) is 15.5 Å². The Morgan fingerprint density at radius 1 is 1.35 bits per heavy atom. The van der Waals surface area contributed by atoms with Crippen LogP contribution in [0.3, 0.4) is 0 Å². The topological polar surface area (TPSA) is 51.8 Å². The standard InChI is InChI=1S/C12H12ClN3S/c1-8(14)9-2-3-11(10(13)6-9)17-12-4-5-15-7-16-12/h2-8H,14H2,1H3. The molecule has 2 N–H and O–H groups in total. The molecular formula is C12H12ClN3S. The van der Waals surface area contributed by atoms with Crippen molar-refractivity contribution in [3.63, 3.8) is 0 Å². The molecule has 0 fully saturated rings. The first kappa shape index (κ1) is 12.4. The molecule has 0 radical (unpaired) electrons. The second-order valence-electron chi connectivity index (χ2n) is 3.63. The first-order valence-electron chi connectivity index (χ1n) is 5.15. The molecule has 3 nitrogen and oxygen atoms in total. The lowest BCUT2D eigenvalue weighted by molar-refractivity contribution is 0.817. The Kier molecular flexibility index (Phi) is 3.99. The van der Waals surface area contributed by atoms with E-state index in [0.29, 0.717) is 5.02 Å². The normalized spacial score (nSPS) is 12.4. The third-order valence-electron chi connectivity index (χ3n) is 2.25. The molecule has 2 rings (SSSR count). The van der Waals surface area contributed by atoms with Gasteiger partial charge in [0.1, 0.15) is 11.4 Å². The van der Waals surface area contributed by atoms with Crippen LogP contribution in [0.15, 0.2) is 46.7 Å². The molecule has 0 aliphatic rings. The van der Waals surface area contributed by atoms with Gasteiger partial charge in [0.15, 0.2) is 0 Å². The summed E-state index contributed by atoms with van der Waals surface area (Å²) in [6.07, 6.45) is 3.23. The van der Waals surface area contributed by atoms with Crippen LogP contribution in [0.1, 0.15) is 18.5 Å². The lowest BCUT2D eigenvalue weighted by Gasteiger charge is -2.08. The van der Waals surface area contributed by atoms with Crippen LogP contribution in [0.4, 0.5) is 0 Å². The summed E-state index contributed by atoms with van der Waals surface area (Å²) >= 11 is 7.71. The number of aromatic nitrogens is 2. The highest BCUT2D eigenvalue weighted by molar-refractivity contribution is 7.99. The van der Waals surface area contributed by atoms with Crippen LogP contribution in [-0.2, 0) is 0 Å². The quantitative estimate of drug-likeness (QED) is 0.865. The minimum Gasteiger partial charge on any atom is -0.324 e. The Labute approximate surface area is 109 Å². The van der Waals surface area contributed by atoms with Crippen molar-refractivity contribution in [1.82, 2.24) is 9.97 Å². The summed E-state index contributed by atoms with van der Waals surface area (Å²) in [5.41, 5.74) is 6.83. The van der Waals surface area contributed by atoms with E-state index in [1.165, 1.54) is 18.1 Å². The molecule has 2 aromatic rings. The largest absolute Gasteiger partial charge is 0.324 e.